The highest BCUT2D eigenvalue weighted by Crippen LogP contribution is 1.85. The molecular formula is C3H9NO5. The van der Waals surface area contributed by atoms with Gasteiger partial charge in [0.1, 0.15) is 6.61 Å². The normalized spacial score (nSPS) is 13.7. The molecule has 3 N–H and O–H groups in total. The number of likely N-dealkylation sites (N-methyl/N-ethyl adjacent to an activating group) is 1. The lowest BCUT2D eigenvalue weighted by Crippen LogP contribution is -2.32. The van der Waals surface area contributed by atoms with Crippen LogP contribution in [0.15, 0.2) is 0 Å². The van der Waals surface area contributed by atoms with E-state index in [0.717, 1.165) is 0 Å². The summed E-state index contributed by atoms with van der Waals surface area (Å²) in [5, 5.41) is 21.3. The zero-order valence-electron chi connectivity index (χ0n) is 4.90. The Morgan fingerprint density at radius 3 is 2.56 bits per heavy atom. The van der Waals surface area contributed by atoms with Crippen molar-refractivity contribution < 1.29 is 25.3 Å². The first-order valence-corrected chi connectivity index (χ1v) is 2.25. The molecular weight excluding hydrogens is 130 g/mol. The van der Waals surface area contributed by atoms with Crippen molar-refractivity contribution in [2.45, 2.75) is 6.23 Å². The van der Waals surface area contributed by atoms with Crippen LogP contribution in [0.4, 0.5) is 0 Å². The van der Waals surface area contributed by atoms with Crippen LogP contribution in [0.25, 0.3) is 0 Å². The van der Waals surface area contributed by atoms with Gasteiger partial charge in [0.05, 0.1) is 0 Å². The third-order valence-corrected chi connectivity index (χ3v) is 0.707. The number of hydrogen-bond donors (Lipinski definition) is 3. The first-order valence-electron chi connectivity index (χ1n) is 2.25. The van der Waals surface area contributed by atoms with Crippen molar-refractivity contribution >= 4 is 0 Å². The molecule has 56 valence electrons. The van der Waals surface area contributed by atoms with Crippen LogP contribution in [0, 0.1) is 0 Å². The van der Waals surface area contributed by atoms with Crippen molar-refractivity contribution in [2.24, 2.45) is 0 Å². The van der Waals surface area contributed by atoms with Crippen molar-refractivity contribution in [1.82, 2.24) is 5.32 Å². The van der Waals surface area contributed by atoms with Gasteiger partial charge < -0.3 is 0 Å². The molecule has 0 saturated heterocycles. The highest BCUT2D eigenvalue weighted by atomic mass is 17.5. The quantitative estimate of drug-likeness (QED) is 0.269. The summed E-state index contributed by atoms with van der Waals surface area (Å²) in [6.45, 7) is -0.128. The Labute approximate surface area is 51.7 Å². The highest BCUT2D eigenvalue weighted by molar-refractivity contribution is 4.42. The van der Waals surface area contributed by atoms with E-state index >= 15 is 0 Å². The van der Waals surface area contributed by atoms with E-state index in [1.165, 1.54) is 0 Å². The highest BCUT2D eigenvalue weighted by Gasteiger charge is 2.05. The Hall–Kier alpha value is -0.240. The maximum Gasteiger partial charge on any atom is 0.173 e. The van der Waals surface area contributed by atoms with Crippen LogP contribution in [0.5, 0.6) is 0 Å². The molecule has 0 aromatic heterocycles. The predicted octanol–water partition coefficient (Wildman–Crippen LogP) is -0.557. The zero-order valence-corrected chi connectivity index (χ0v) is 4.90. The van der Waals surface area contributed by atoms with Crippen LogP contribution in [-0.4, -0.2) is 30.4 Å². The van der Waals surface area contributed by atoms with Crippen LogP contribution < -0.4 is 5.32 Å². The molecule has 0 aromatic carbocycles. The Bertz CT molecular complexity index is 54.2. The molecule has 0 aliphatic heterocycles. The molecule has 0 saturated carbocycles. The molecule has 0 amide bonds. The second-order valence-corrected chi connectivity index (χ2v) is 1.24. The molecule has 0 rings (SSSR count). The number of hydrogen-bond acceptors (Lipinski definition) is 6. The molecule has 1 atom stereocenters. The second kappa shape index (κ2) is 5.89. The monoisotopic (exact) mass is 139 g/mol. The SMILES string of the molecule is CNC(COO)OOO. The van der Waals surface area contributed by atoms with E-state index < -0.39 is 6.23 Å². The summed E-state index contributed by atoms with van der Waals surface area (Å²) in [6.07, 6.45) is -0.681. The Morgan fingerprint density at radius 1 is 1.56 bits per heavy atom. The van der Waals surface area contributed by atoms with E-state index in [2.05, 4.69) is 20.1 Å². The van der Waals surface area contributed by atoms with Gasteiger partial charge in [-0.25, -0.2) is 10.1 Å². The van der Waals surface area contributed by atoms with Gasteiger partial charge in [0.25, 0.3) is 0 Å². The molecule has 0 aliphatic carbocycles. The molecule has 6 nitrogen and oxygen atoms in total. The average molecular weight is 139 g/mol. The molecule has 0 fully saturated rings. The molecule has 0 radical (unpaired) electrons. The smallest absolute Gasteiger partial charge is 0.173 e. The first-order chi connectivity index (χ1) is 4.35. The minimum absolute atomic E-state index is 0.128. The van der Waals surface area contributed by atoms with Gasteiger partial charge in [0.2, 0.25) is 0 Å². The molecule has 9 heavy (non-hydrogen) atoms. The molecule has 6 heteroatoms. The van der Waals surface area contributed by atoms with Crippen molar-refractivity contribution in [3.8, 4) is 0 Å². The van der Waals surface area contributed by atoms with Gasteiger partial charge in [-0.05, 0) is 7.05 Å². The molecule has 1 unspecified atom stereocenters. The topological polar surface area (TPSA) is 80.2 Å². The molecule has 0 bridgehead atoms. The average Bonchev–Trinajstić information content (AvgIpc) is 1.88. The van der Waals surface area contributed by atoms with Crippen molar-refractivity contribution in [2.75, 3.05) is 13.7 Å². The summed E-state index contributed by atoms with van der Waals surface area (Å²) in [6, 6.07) is 0. The van der Waals surface area contributed by atoms with Crippen molar-refractivity contribution in [3.05, 3.63) is 0 Å². The largest absolute Gasteiger partial charge is 0.290 e. The lowest BCUT2D eigenvalue weighted by atomic mass is 10.6. The Balaban J connectivity index is 3.18. The van der Waals surface area contributed by atoms with Crippen LogP contribution >= 0.6 is 0 Å². The maximum atomic E-state index is 7.84. The standard InChI is InChI=1S/C3H9NO5/c1-4-3(2-7-5)8-9-6/h3-6H,2H2,1H3. The summed E-state index contributed by atoms with van der Waals surface area (Å²) in [5.41, 5.74) is 0. The van der Waals surface area contributed by atoms with Crippen molar-refractivity contribution in [1.29, 1.82) is 0 Å². The minimum Gasteiger partial charge on any atom is -0.290 e. The Kier molecular flexibility index (Phi) is 5.73. The third kappa shape index (κ3) is 4.28. The number of nitrogens with one attached hydrogen (secondary N) is 1. The minimum atomic E-state index is -0.681. The maximum absolute atomic E-state index is 7.84. The molecule has 0 heterocycles. The van der Waals surface area contributed by atoms with E-state index in [1.54, 1.807) is 7.05 Å². The van der Waals surface area contributed by atoms with Gasteiger partial charge in [0.15, 0.2) is 6.23 Å². The molecule has 0 aliphatic rings. The predicted molar refractivity (Wildman–Crippen MR) is 26.2 cm³/mol. The van der Waals surface area contributed by atoms with Gasteiger partial charge in [-0.15, -0.1) is 0 Å². The van der Waals surface area contributed by atoms with Gasteiger partial charge in [-0.2, -0.15) is 4.89 Å². The summed E-state index contributed by atoms with van der Waals surface area (Å²) in [4.78, 5) is 7.76. The van der Waals surface area contributed by atoms with Gasteiger partial charge >= 0.3 is 0 Å². The first kappa shape index (κ1) is 8.76. The van der Waals surface area contributed by atoms with Gasteiger partial charge in [0, 0.05) is 0 Å². The summed E-state index contributed by atoms with van der Waals surface area (Å²) < 4.78 is 0. The fraction of sp³-hybridized carbons (Fsp3) is 1.00. The van der Waals surface area contributed by atoms with Crippen LogP contribution in [-0.2, 0) is 14.8 Å². The molecule has 0 aromatic rings. The van der Waals surface area contributed by atoms with E-state index in [4.69, 9.17) is 10.5 Å². The molecule has 0 spiro atoms. The van der Waals surface area contributed by atoms with Crippen LogP contribution in [0.3, 0.4) is 0 Å². The summed E-state index contributed by atoms with van der Waals surface area (Å²) in [5.74, 6) is 0. The summed E-state index contributed by atoms with van der Waals surface area (Å²) in [7, 11) is 1.54. The second-order valence-electron chi connectivity index (χ2n) is 1.24. The summed E-state index contributed by atoms with van der Waals surface area (Å²) >= 11 is 0. The van der Waals surface area contributed by atoms with E-state index in [9.17, 15) is 0 Å². The number of rotatable bonds is 5. The third-order valence-electron chi connectivity index (χ3n) is 0.707. The van der Waals surface area contributed by atoms with Crippen LogP contribution in [0.1, 0.15) is 0 Å². The van der Waals surface area contributed by atoms with Crippen molar-refractivity contribution in [3.63, 3.8) is 0 Å². The van der Waals surface area contributed by atoms with Crippen LogP contribution in [0.2, 0.25) is 0 Å². The van der Waals surface area contributed by atoms with E-state index in [0.29, 0.717) is 0 Å². The lowest BCUT2D eigenvalue weighted by Gasteiger charge is -2.09. The van der Waals surface area contributed by atoms with E-state index in [1.807, 2.05) is 0 Å². The van der Waals surface area contributed by atoms with Gasteiger partial charge in [-0.1, -0.05) is 5.04 Å². The van der Waals surface area contributed by atoms with E-state index in [-0.39, 0.29) is 6.61 Å². The van der Waals surface area contributed by atoms with Gasteiger partial charge in [-0.3, -0.25) is 10.6 Å². The fourth-order valence-corrected chi connectivity index (χ4v) is 0.279. The Morgan fingerprint density at radius 2 is 2.22 bits per heavy atom. The lowest BCUT2D eigenvalue weighted by molar-refractivity contribution is -0.514. The zero-order chi connectivity index (χ0) is 7.11. The fourth-order valence-electron chi connectivity index (χ4n) is 0.279.